The smallest absolute Gasteiger partial charge is 0.280 e. The van der Waals surface area contributed by atoms with Crippen molar-refractivity contribution in [2.45, 2.75) is 21.8 Å². The zero-order chi connectivity index (χ0) is 12.4. The Balaban J connectivity index is 4.89. The molecule has 0 unspecified atom stereocenters. The Labute approximate surface area is 99.6 Å². The van der Waals surface area contributed by atoms with E-state index in [2.05, 4.69) is 0 Å². The summed E-state index contributed by atoms with van der Waals surface area (Å²) in [6, 6.07) is 0. The van der Waals surface area contributed by atoms with Crippen LogP contribution < -0.4 is 0 Å². The number of Topliss-reactive ketones (excluding diaryl/α,β-unsaturated/α-hetero) is 1. The highest BCUT2D eigenvalue weighted by Crippen LogP contribution is 2.30. The Morgan fingerprint density at radius 3 is 1.87 bits per heavy atom. The van der Waals surface area contributed by atoms with Crippen LogP contribution in [0.3, 0.4) is 0 Å². The van der Waals surface area contributed by atoms with E-state index in [1.807, 2.05) is 0 Å². The van der Waals surface area contributed by atoms with Crippen molar-refractivity contribution in [2.24, 2.45) is 0 Å². The second-order valence-electron chi connectivity index (χ2n) is 2.74. The number of alkyl halides is 3. The zero-order valence-corrected chi connectivity index (χ0v) is 9.41. The van der Waals surface area contributed by atoms with E-state index in [9.17, 15) is 9.90 Å². The fourth-order valence-corrected chi connectivity index (χ4v) is 1.37. The van der Waals surface area contributed by atoms with E-state index in [1.54, 1.807) is 0 Å². The van der Waals surface area contributed by atoms with Crippen LogP contribution in [0, 0.1) is 0 Å². The second-order valence-corrected chi connectivity index (χ2v) is 4.60. The van der Waals surface area contributed by atoms with E-state index < -0.39 is 34.2 Å². The standard InChI is InChI=1S/C6H9Cl3O6/c7-5(14,3(12)2(11)1-10)4(13)6(8,9)15/h2-3,10-12,14-15H,1H2/t2-,3-,5+/m1/s1. The van der Waals surface area contributed by atoms with Crippen LogP contribution in [0.1, 0.15) is 0 Å². The van der Waals surface area contributed by atoms with Gasteiger partial charge >= 0.3 is 0 Å². The minimum Gasteiger partial charge on any atom is -0.394 e. The normalized spacial score (nSPS) is 20.5. The molecule has 5 N–H and O–H groups in total. The van der Waals surface area contributed by atoms with Crippen LogP contribution in [0.4, 0.5) is 0 Å². The molecule has 0 saturated heterocycles. The lowest BCUT2D eigenvalue weighted by molar-refractivity contribution is -0.154. The molecular formula is C6H9Cl3O6. The van der Waals surface area contributed by atoms with Crippen LogP contribution >= 0.6 is 34.8 Å². The lowest BCUT2D eigenvalue weighted by atomic mass is 10.0. The van der Waals surface area contributed by atoms with Crippen LogP contribution in [-0.2, 0) is 4.79 Å². The maximum Gasteiger partial charge on any atom is 0.280 e. The van der Waals surface area contributed by atoms with Gasteiger partial charge in [0.1, 0.15) is 12.2 Å². The van der Waals surface area contributed by atoms with E-state index in [0.29, 0.717) is 0 Å². The van der Waals surface area contributed by atoms with Gasteiger partial charge in [0.25, 0.3) is 4.52 Å². The summed E-state index contributed by atoms with van der Waals surface area (Å²) in [5.41, 5.74) is 0. The van der Waals surface area contributed by atoms with E-state index >= 15 is 0 Å². The maximum absolute atomic E-state index is 11.1. The summed E-state index contributed by atoms with van der Waals surface area (Å²) >= 11 is 15.0. The molecule has 0 heterocycles. The van der Waals surface area contributed by atoms with Gasteiger partial charge in [-0.15, -0.1) is 0 Å². The average molecular weight is 283 g/mol. The van der Waals surface area contributed by atoms with Crippen molar-refractivity contribution in [3.63, 3.8) is 0 Å². The van der Waals surface area contributed by atoms with Crippen LogP contribution in [0.25, 0.3) is 0 Å². The fourth-order valence-electron chi connectivity index (χ4n) is 0.700. The monoisotopic (exact) mass is 282 g/mol. The van der Waals surface area contributed by atoms with Crippen molar-refractivity contribution in [3.05, 3.63) is 0 Å². The molecule has 0 aromatic rings. The summed E-state index contributed by atoms with van der Waals surface area (Å²) in [5, 5.41) is 41.4. The third-order valence-corrected chi connectivity index (χ3v) is 2.27. The molecule has 0 rings (SSSR count). The van der Waals surface area contributed by atoms with E-state index in [0.717, 1.165) is 0 Å². The van der Waals surface area contributed by atoms with Crippen molar-refractivity contribution in [1.29, 1.82) is 0 Å². The van der Waals surface area contributed by atoms with Gasteiger partial charge in [-0.25, -0.2) is 0 Å². The van der Waals surface area contributed by atoms with Crippen LogP contribution in [0.2, 0.25) is 0 Å². The second kappa shape index (κ2) is 5.11. The molecule has 0 amide bonds. The van der Waals surface area contributed by atoms with Gasteiger partial charge in [-0.05, 0) is 0 Å². The van der Waals surface area contributed by atoms with Crippen molar-refractivity contribution in [2.75, 3.05) is 6.61 Å². The molecule has 0 radical (unpaired) electrons. The van der Waals surface area contributed by atoms with Crippen LogP contribution in [-0.4, -0.2) is 59.7 Å². The minimum absolute atomic E-state index is 0.966. The lowest BCUT2D eigenvalue weighted by Gasteiger charge is -2.30. The number of aliphatic hydroxyl groups is 5. The molecule has 15 heavy (non-hydrogen) atoms. The predicted molar refractivity (Wildman–Crippen MR) is 51.6 cm³/mol. The Morgan fingerprint density at radius 2 is 1.60 bits per heavy atom. The third kappa shape index (κ3) is 3.69. The molecule has 0 saturated carbocycles. The van der Waals surface area contributed by atoms with Gasteiger partial charge in [0, 0.05) is 0 Å². The molecule has 0 aliphatic rings. The topological polar surface area (TPSA) is 118 Å². The number of rotatable bonds is 5. The van der Waals surface area contributed by atoms with Gasteiger partial charge in [0.05, 0.1) is 6.61 Å². The molecule has 90 valence electrons. The first-order chi connectivity index (χ1) is 6.55. The highest BCUT2D eigenvalue weighted by molar-refractivity contribution is 6.60. The minimum atomic E-state index is -3.11. The van der Waals surface area contributed by atoms with Gasteiger partial charge in [-0.1, -0.05) is 34.8 Å². The largest absolute Gasteiger partial charge is 0.394 e. The number of hydrogen-bond acceptors (Lipinski definition) is 6. The molecular weight excluding hydrogens is 274 g/mol. The molecule has 0 bridgehead atoms. The molecule has 3 atom stereocenters. The summed E-state index contributed by atoms with van der Waals surface area (Å²) in [7, 11) is 0. The SMILES string of the molecule is O=C(C(O)(Cl)Cl)[C@](O)(Cl)[C@H](O)[C@H](O)CO. The van der Waals surface area contributed by atoms with Crippen LogP contribution in [0.5, 0.6) is 0 Å². The summed E-state index contributed by atoms with van der Waals surface area (Å²) < 4.78 is -3.02. The average Bonchev–Trinajstić information content (AvgIpc) is 2.12. The lowest BCUT2D eigenvalue weighted by Crippen LogP contribution is -2.56. The van der Waals surface area contributed by atoms with E-state index in [4.69, 9.17) is 55.2 Å². The van der Waals surface area contributed by atoms with Crippen LogP contribution in [0.15, 0.2) is 0 Å². The van der Waals surface area contributed by atoms with Crippen molar-refractivity contribution < 1.29 is 30.3 Å². The Morgan fingerprint density at radius 1 is 1.20 bits per heavy atom. The first-order valence-corrected chi connectivity index (χ1v) is 4.72. The Hall–Kier alpha value is 0.340. The summed E-state index contributed by atoms with van der Waals surface area (Å²) in [6.07, 6.45) is -4.16. The maximum atomic E-state index is 11.1. The highest BCUT2D eigenvalue weighted by atomic mass is 35.5. The summed E-state index contributed by atoms with van der Waals surface area (Å²) in [6.45, 7) is -0.966. The fraction of sp³-hybridized carbons (Fsp3) is 0.833. The molecule has 9 heteroatoms. The number of carbonyl (C=O) groups is 1. The number of ketones is 1. The summed E-state index contributed by atoms with van der Waals surface area (Å²) in [5.74, 6) is -1.74. The molecule has 0 fully saturated rings. The van der Waals surface area contributed by atoms with E-state index in [1.165, 1.54) is 0 Å². The van der Waals surface area contributed by atoms with Gasteiger partial charge in [0.15, 0.2) is 0 Å². The number of halogens is 3. The number of carbonyl (C=O) groups excluding carboxylic acids is 1. The Bertz CT molecular complexity index is 238. The van der Waals surface area contributed by atoms with Gasteiger partial charge in [0.2, 0.25) is 10.8 Å². The first-order valence-electron chi connectivity index (χ1n) is 3.58. The van der Waals surface area contributed by atoms with E-state index in [-0.39, 0.29) is 0 Å². The molecule has 0 aromatic heterocycles. The van der Waals surface area contributed by atoms with Crippen molar-refractivity contribution in [3.8, 4) is 0 Å². The quantitative estimate of drug-likeness (QED) is 0.385. The number of aliphatic hydroxyl groups excluding tert-OH is 3. The predicted octanol–water partition coefficient (Wildman–Crippen LogP) is -1.68. The molecule has 0 aromatic carbocycles. The molecule has 0 spiro atoms. The number of hydrogen-bond donors (Lipinski definition) is 5. The molecule has 0 aliphatic heterocycles. The van der Waals surface area contributed by atoms with Gasteiger partial charge in [-0.3, -0.25) is 4.79 Å². The van der Waals surface area contributed by atoms with Crippen molar-refractivity contribution in [1.82, 2.24) is 0 Å². The first kappa shape index (κ1) is 15.3. The third-order valence-electron chi connectivity index (χ3n) is 1.54. The van der Waals surface area contributed by atoms with Gasteiger partial charge < -0.3 is 25.5 Å². The highest BCUT2D eigenvalue weighted by Gasteiger charge is 2.52. The summed E-state index contributed by atoms with van der Waals surface area (Å²) in [4.78, 5) is 11.1. The Kier molecular flexibility index (Phi) is 5.23. The van der Waals surface area contributed by atoms with Crippen molar-refractivity contribution >= 4 is 40.6 Å². The molecule has 6 nitrogen and oxygen atoms in total. The zero-order valence-electron chi connectivity index (χ0n) is 7.14. The van der Waals surface area contributed by atoms with Gasteiger partial charge in [-0.2, -0.15) is 0 Å². The molecule has 0 aliphatic carbocycles.